The van der Waals surface area contributed by atoms with Crippen molar-refractivity contribution in [2.45, 2.75) is 38.0 Å². The molecule has 0 unspecified atom stereocenters. The summed E-state index contributed by atoms with van der Waals surface area (Å²) in [6, 6.07) is 16.7. The number of piperidine rings is 1. The van der Waals surface area contributed by atoms with E-state index in [1.165, 1.54) is 0 Å². The molecule has 0 spiro atoms. The largest absolute Gasteiger partial charge is 0.452 e. The lowest BCUT2D eigenvalue weighted by atomic mass is 9.86. The lowest BCUT2D eigenvalue weighted by Crippen LogP contribution is -2.54. The van der Waals surface area contributed by atoms with Crippen molar-refractivity contribution >= 4 is 16.8 Å². The maximum atomic E-state index is 13.1. The van der Waals surface area contributed by atoms with Gasteiger partial charge in [0, 0.05) is 36.1 Å². The average molecular weight is 379 g/mol. The molecule has 0 bridgehead atoms. The van der Waals surface area contributed by atoms with E-state index in [9.17, 15) is 15.0 Å². The number of carbonyl (C=O) groups excluding carboxylic acids is 1. The summed E-state index contributed by atoms with van der Waals surface area (Å²) in [6.45, 7) is 3.39. The Morgan fingerprint density at radius 3 is 2.61 bits per heavy atom. The molecule has 0 amide bonds. The number of ketones is 1. The van der Waals surface area contributed by atoms with Crippen LogP contribution in [0.3, 0.4) is 0 Å². The van der Waals surface area contributed by atoms with Gasteiger partial charge in [-0.15, -0.1) is 0 Å². The molecule has 1 fully saturated rings. The van der Waals surface area contributed by atoms with Crippen LogP contribution in [-0.4, -0.2) is 45.7 Å². The van der Waals surface area contributed by atoms with Gasteiger partial charge in [0.05, 0.1) is 11.7 Å². The van der Waals surface area contributed by atoms with Crippen LogP contribution in [-0.2, 0) is 6.54 Å². The molecule has 28 heavy (non-hydrogen) atoms. The minimum absolute atomic E-state index is 0.144. The Kier molecular flexibility index (Phi) is 5.06. The second kappa shape index (κ2) is 7.51. The number of benzene rings is 2. The van der Waals surface area contributed by atoms with E-state index >= 15 is 0 Å². The van der Waals surface area contributed by atoms with Gasteiger partial charge >= 0.3 is 0 Å². The first-order valence-electron chi connectivity index (χ1n) is 9.75. The summed E-state index contributed by atoms with van der Waals surface area (Å²) in [5.74, 6) is 0.202. The first-order chi connectivity index (χ1) is 13.5. The van der Waals surface area contributed by atoms with E-state index in [0.29, 0.717) is 49.4 Å². The number of β-amino-alcohol motifs (C(OH)–C–C–N with tert-alkyl or cyclic N) is 1. The molecule has 2 N–H and O–H groups in total. The molecule has 1 aromatic heterocycles. The predicted molar refractivity (Wildman–Crippen MR) is 107 cm³/mol. The fraction of sp³-hybridized carbons (Fsp3) is 0.348. The zero-order valence-corrected chi connectivity index (χ0v) is 16.0. The third-order valence-corrected chi connectivity index (χ3v) is 5.85. The van der Waals surface area contributed by atoms with Crippen LogP contribution in [0.4, 0.5) is 0 Å². The molecule has 4 rings (SSSR count). The molecule has 0 radical (unpaired) electrons. The first-order valence-corrected chi connectivity index (χ1v) is 9.75. The van der Waals surface area contributed by atoms with Crippen LogP contribution in [0, 0.1) is 0 Å². The first kappa shape index (κ1) is 18.9. The van der Waals surface area contributed by atoms with Gasteiger partial charge in [-0.3, -0.25) is 9.69 Å². The Balaban J connectivity index is 1.68. The minimum atomic E-state index is -1.03. The summed E-state index contributed by atoms with van der Waals surface area (Å²) in [7, 11) is 0. The minimum Gasteiger partial charge on any atom is -0.452 e. The molecular weight excluding hydrogens is 354 g/mol. The summed E-state index contributed by atoms with van der Waals surface area (Å²) in [5.41, 5.74) is 1.07. The van der Waals surface area contributed by atoms with Gasteiger partial charge in [0.2, 0.25) is 5.78 Å². The Hall–Kier alpha value is -2.47. The molecule has 0 saturated carbocycles. The second-order valence-corrected chi connectivity index (χ2v) is 7.56. The fourth-order valence-corrected chi connectivity index (χ4v) is 3.96. The number of aliphatic hydroxyl groups excluding tert-OH is 1. The molecule has 0 aliphatic carbocycles. The molecule has 5 nitrogen and oxygen atoms in total. The van der Waals surface area contributed by atoms with Crippen molar-refractivity contribution in [3.8, 4) is 0 Å². The van der Waals surface area contributed by atoms with E-state index in [2.05, 4.69) is 4.90 Å². The molecule has 2 aromatic carbocycles. The van der Waals surface area contributed by atoms with Gasteiger partial charge in [-0.05, 0) is 18.9 Å². The molecule has 1 saturated heterocycles. The van der Waals surface area contributed by atoms with Crippen molar-refractivity contribution < 1.29 is 19.4 Å². The maximum Gasteiger partial charge on any atom is 0.228 e. The molecular formula is C23H25NO4. The van der Waals surface area contributed by atoms with Crippen molar-refractivity contribution in [1.82, 2.24) is 4.90 Å². The summed E-state index contributed by atoms with van der Waals surface area (Å²) >= 11 is 0. The Morgan fingerprint density at radius 1 is 1.18 bits per heavy atom. The molecule has 2 heterocycles. The topological polar surface area (TPSA) is 73.9 Å². The van der Waals surface area contributed by atoms with E-state index in [1.54, 1.807) is 12.1 Å². The zero-order valence-electron chi connectivity index (χ0n) is 16.0. The normalized spacial score (nSPS) is 23.2. The molecule has 1 aliphatic rings. The third-order valence-electron chi connectivity index (χ3n) is 5.85. The zero-order chi connectivity index (χ0) is 19.7. The van der Waals surface area contributed by atoms with Crippen molar-refractivity contribution in [1.29, 1.82) is 0 Å². The molecule has 1 aliphatic heterocycles. The lowest BCUT2D eigenvalue weighted by Gasteiger charge is -2.41. The van der Waals surface area contributed by atoms with Crippen molar-refractivity contribution in [3.63, 3.8) is 0 Å². The van der Waals surface area contributed by atoms with Crippen LogP contribution in [0.15, 0.2) is 59.0 Å². The number of furan rings is 1. The molecule has 5 heteroatoms. The van der Waals surface area contributed by atoms with E-state index in [1.807, 2.05) is 49.4 Å². The van der Waals surface area contributed by atoms with Gasteiger partial charge < -0.3 is 14.6 Å². The predicted octanol–water partition coefficient (Wildman–Crippen LogP) is 3.37. The monoisotopic (exact) mass is 379 g/mol. The van der Waals surface area contributed by atoms with E-state index in [-0.39, 0.29) is 5.78 Å². The highest BCUT2D eigenvalue weighted by Gasteiger charge is 2.39. The number of nitrogens with zero attached hydrogens (tertiary/aromatic N) is 1. The Labute approximate surface area is 164 Å². The summed E-state index contributed by atoms with van der Waals surface area (Å²) in [4.78, 5) is 15.2. The van der Waals surface area contributed by atoms with Gasteiger partial charge in [-0.2, -0.15) is 0 Å². The highest BCUT2D eigenvalue weighted by atomic mass is 16.3. The van der Waals surface area contributed by atoms with E-state index < -0.39 is 11.7 Å². The van der Waals surface area contributed by atoms with Crippen molar-refractivity contribution in [2.24, 2.45) is 0 Å². The standard InChI is InChI=1S/C23H25NO4/c1-2-23(27)12-13-24(15-20(23)25)14-18-17-10-6-7-11-19(17)28-22(18)21(26)16-8-4-3-5-9-16/h3-11,20,25,27H,2,12-15H2,1H3/t20-,23-/m1/s1. The van der Waals surface area contributed by atoms with Crippen LogP contribution in [0.25, 0.3) is 11.0 Å². The lowest BCUT2D eigenvalue weighted by molar-refractivity contribution is -0.121. The number of rotatable bonds is 5. The highest BCUT2D eigenvalue weighted by Crippen LogP contribution is 2.32. The van der Waals surface area contributed by atoms with Gasteiger partial charge in [0.1, 0.15) is 5.58 Å². The van der Waals surface area contributed by atoms with Crippen LogP contribution in [0.5, 0.6) is 0 Å². The Bertz CT molecular complexity index is 981. The molecule has 146 valence electrons. The van der Waals surface area contributed by atoms with Gasteiger partial charge in [0.25, 0.3) is 0 Å². The Morgan fingerprint density at radius 2 is 1.89 bits per heavy atom. The number of carbonyl (C=O) groups is 1. The maximum absolute atomic E-state index is 13.1. The van der Waals surface area contributed by atoms with Crippen LogP contribution < -0.4 is 0 Å². The number of likely N-dealkylation sites (tertiary alicyclic amines) is 1. The summed E-state index contributed by atoms with van der Waals surface area (Å²) < 4.78 is 5.96. The summed E-state index contributed by atoms with van der Waals surface area (Å²) in [5, 5.41) is 21.8. The molecule has 2 atom stereocenters. The van der Waals surface area contributed by atoms with Crippen LogP contribution >= 0.6 is 0 Å². The number of hydrogen-bond donors (Lipinski definition) is 2. The average Bonchev–Trinajstić information content (AvgIpc) is 3.09. The van der Waals surface area contributed by atoms with E-state index in [4.69, 9.17) is 4.42 Å². The SMILES string of the molecule is CC[C@@]1(O)CCN(Cc2c(C(=O)c3ccccc3)oc3ccccc23)C[C@H]1O. The smallest absolute Gasteiger partial charge is 0.228 e. The molecule has 3 aromatic rings. The highest BCUT2D eigenvalue weighted by molar-refractivity contribution is 6.10. The van der Waals surface area contributed by atoms with Crippen LogP contribution in [0.1, 0.15) is 41.4 Å². The van der Waals surface area contributed by atoms with Gasteiger partial charge in [-0.1, -0.05) is 55.5 Å². The number of aliphatic hydroxyl groups is 2. The van der Waals surface area contributed by atoms with Crippen molar-refractivity contribution in [2.75, 3.05) is 13.1 Å². The second-order valence-electron chi connectivity index (χ2n) is 7.56. The van der Waals surface area contributed by atoms with Crippen LogP contribution in [0.2, 0.25) is 0 Å². The fourth-order valence-electron chi connectivity index (χ4n) is 3.96. The number of fused-ring (bicyclic) bond motifs is 1. The quantitative estimate of drug-likeness (QED) is 0.665. The number of para-hydroxylation sites is 1. The summed E-state index contributed by atoms with van der Waals surface area (Å²) in [6.07, 6.45) is 0.217. The van der Waals surface area contributed by atoms with Crippen molar-refractivity contribution in [3.05, 3.63) is 71.5 Å². The number of hydrogen-bond acceptors (Lipinski definition) is 5. The van der Waals surface area contributed by atoms with Gasteiger partial charge in [-0.25, -0.2) is 0 Å². The third kappa shape index (κ3) is 3.37. The van der Waals surface area contributed by atoms with E-state index in [0.717, 1.165) is 10.9 Å². The van der Waals surface area contributed by atoms with Gasteiger partial charge in [0.15, 0.2) is 5.76 Å².